The lowest BCUT2D eigenvalue weighted by Gasteiger charge is -2.11. The van der Waals surface area contributed by atoms with E-state index in [1.807, 2.05) is 55.5 Å². The second kappa shape index (κ2) is 12.1. The Bertz CT molecular complexity index is 1510. The molecule has 0 saturated carbocycles. The van der Waals surface area contributed by atoms with Crippen molar-refractivity contribution < 1.29 is 14.3 Å². The van der Waals surface area contributed by atoms with Crippen molar-refractivity contribution in [1.29, 1.82) is 5.26 Å². The highest BCUT2D eigenvalue weighted by Crippen LogP contribution is 2.24. The van der Waals surface area contributed by atoms with Crippen LogP contribution in [-0.4, -0.2) is 23.1 Å². The largest absolute Gasteiger partial charge is 0.461 e. The normalized spacial score (nSPS) is 11.2. The van der Waals surface area contributed by atoms with Gasteiger partial charge in [-0.1, -0.05) is 74.0 Å². The summed E-state index contributed by atoms with van der Waals surface area (Å²) in [6, 6.07) is 26.4. The standard InChI is InChI=1S/C30H27N3O3S/c1-3-10-26-27(29(35)36-4-2)33(30(37-26)32-28(34)23-11-6-5-7-12-23)20-21-15-17-22(18-16-21)25-14-9-8-13-24(25)19-31/h5-9,11-18H,3-4,10,20H2,1-2H3. The van der Waals surface area contributed by atoms with E-state index in [1.54, 1.807) is 41.8 Å². The summed E-state index contributed by atoms with van der Waals surface area (Å²) in [6.07, 6.45) is 1.52. The fraction of sp³-hybridized carbons (Fsp3) is 0.200. The maximum absolute atomic E-state index is 13.0. The summed E-state index contributed by atoms with van der Waals surface area (Å²) in [5, 5.41) is 9.45. The number of aryl methyl sites for hydroxylation is 1. The van der Waals surface area contributed by atoms with E-state index in [9.17, 15) is 14.9 Å². The van der Waals surface area contributed by atoms with Crippen LogP contribution in [0.2, 0.25) is 0 Å². The van der Waals surface area contributed by atoms with Crippen molar-refractivity contribution in [2.45, 2.75) is 33.2 Å². The van der Waals surface area contributed by atoms with Crippen LogP contribution in [0, 0.1) is 11.3 Å². The number of thiazole rings is 1. The predicted octanol–water partition coefficient (Wildman–Crippen LogP) is 6.01. The average Bonchev–Trinajstić information content (AvgIpc) is 3.26. The summed E-state index contributed by atoms with van der Waals surface area (Å²) in [7, 11) is 0. The first-order chi connectivity index (χ1) is 18.0. The molecular weight excluding hydrogens is 482 g/mol. The lowest BCUT2D eigenvalue weighted by molar-refractivity contribution is 0.0512. The Morgan fingerprint density at radius 1 is 0.973 bits per heavy atom. The van der Waals surface area contributed by atoms with Gasteiger partial charge in [0.25, 0.3) is 5.91 Å². The number of hydrogen-bond donors (Lipinski definition) is 0. The topological polar surface area (TPSA) is 84.5 Å². The van der Waals surface area contributed by atoms with Crippen molar-refractivity contribution in [3.8, 4) is 17.2 Å². The van der Waals surface area contributed by atoms with E-state index < -0.39 is 5.97 Å². The third-order valence-electron chi connectivity index (χ3n) is 5.80. The maximum atomic E-state index is 13.0. The molecule has 0 N–H and O–H groups in total. The molecule has 1 heterocycles. The minimum atomic E-state index is -0.421. The minimum Gasteiger partial charge on any atom is -0.461 e. The SMILES string of the molecule is CCCc1sc(=NC(=O)c2ccccc2)n(Cc2ccc(-c3ccccc3C#N)cc2)c1C(=O)OCC. The summed E-state index contributed by atoms with van der Waals surface area (Å²) in [6.45, 7) is 4.41. The Balaban J connectivity index is 1.78. The van der Waals surface area contributed by atoms with Crippen molar-refractivity contribution in [3.05, 3.63) is 111 Å². The van der Waals surface area contributed by atoms with Crippen LogP contribution in [0.25, 0.3) is 11.1 Å². The molecule has 0 unspecified atom stereocenters. The van der Waals surface area contributed by atoms with E-state index >= 15 is 0 Å². The fourth-order valence-corrected chi connectivity index (χ4v) is 5.26. The van der Waals surface area contributed by atoms with E-state index in [-0.39, 0.29) is 12.5 Å². The average molecular weight is 510 g/mol. The first-order valence-electron chi connectivity index (χ1n) is 12.2. The van der Waals surface area contributed by atoms with Crippen molar-refractivity contribution in [3.63, 3.8) is 0 Å². The monoisotopic (exact) mass is 509 g/mol. The molecule has 7 heteroatoms. The number of rotatable bonds is 8. The zero-order chi connectivity index (χ0) is 26.2. The Labute approximate surface area is 220 Å². The van der Waals surface area contributed by atoms with Crippen molar-refractivity contribution in [1.82, 2.24) is 4.57 Å². The molecule has 0 aliphatic carbocycles. The van der Waals surface area contributed by atoms with Gasteiger partial charge in [-0.25, -0.2) is 4.79 Å². The summed E-state index contributed by atoms with van der Waals surface area (Å²) in [5.74, 6) is -0.784. The number of hydrogen-bond acceptors (Lipinski definition) is 5. The van der Waals surface area contributed by atoms with Crippen LogP contribution < -0.4 is 4.80 Å². The number of nitrogens with zero attached hydrogens (tertiary/aromatic N) is 3. The van der Waals surface area contributed by atoms with Crippen LogP contribution in [0.3, 0.4) is 0 Å². The molecule has 6 nitrogen and oxygen atoms in total. The van der Waals surface area contributed by atoms with Crippen LogP contribution in [-0.2, 0) is 17.7 Å². The van der Waals surface area contributed by atoms with Gasteiger partial charge in [-0.05, 0) is 48.2 Å². The van der Waals surface area contributed by atoms with Gasteiger partial charge in [0, 0.05) is 10.4 Å². The minimum absolute atomic E-state index is 0.253. The smallest absolute Gasteiger partial charge is 0.356 e. The second-order valence-electron chi connectivity index (χ2n) is 8.35. The molecule has 0 aliphatic rings. The number of aromatic nitrogens is 1. The summed E-state index contributed by atoms with van der Waals surface area (Å²) in [5.41, 5.74) is 4.25. The zero-order valence-electron chi connectivity index (χ0n) is 20.8. The van der Waals surface area contributed by atoms with E-state index in [4.69, 9.17) is 4.74 Å². The highest BCUT2D eigenvalue weighted by Gasteiger charge is 2.22. The second-order valence-corrected chi connectivity index (χ2v) is 9.41. The molecule has 3 aromatic carbocycles. The molecule has 4 aromatic rings. The van der Waals surface area contributed by atoms with Gasteiger partial charge in [0.2, 0.25) is 0 Å². The Morgan fingerprint density at radius 2 is 1.68 bits per heavy atom. The quantitative estimate of drug-likeness (QED) is 0.272. The number of esters is 1. The number of amides is 1. The van der Waals surface area contributed by atoms with Gasteiger partial charge < -0.3 is 9.30 Å². The van der Waals surface area contributed by atoms with E-state index in [2.05, 4.69) is 11.1 Å². The van der Waals surface area contributed by atoms with Crippen LogP contribution in [0.4, 0.5) is 0 Å². The predicted molar refractivity (Wildman–Crippen MR) is 144 cm³/mol. The van der Waals surface area contributed by atoms with Crippen molar-refractivity contribution >= 4 is 23.2 Å². The lowest BCUT2D eigenvalue weighted by Crippen LogP contribution is -2.23. The first-order valence-corrected chi connectivity index (χ1v) is 13.0. The molecule has 186 valence electrons. The molecule has 0 bridgehead atoms. The van der Waals surface area contributed by atoms with Crippen LogP contribution in [0.15, 0.2) is 83.9 Å². The number of carbonyl (C=O) groups excluding carboxylic acids is 2. The number of ether oxygens (including phenoxy) is 1. The van der Waals surface area contributed by atoms with Gasteiger partial charge >= 0.3 is 5.97 Å². The van der Waals surface area contributed by atoms with Crippen molar-refractivity contribution in [2.75, 3.05) is 6.61 Å². The number of nitriles is 1. The van der Waals surface area contributed by atoms with Gasteiger partial charge in [-0.2, -0.15) is 10.3 Å². The molecule has 0 aliphatic heterocycles. The number of benzene rings is 3. The fourth-order valence-electron chi connectivity index (χ4n) is 4.05. The molecule has 1 aromatic heterocycles. The summed E-state index contributed by atoms with van der Waals surface area (Å²) >= 11 is 1.35. The highest BCUT2D eigenvalue weighted by atomic mass is 32.1. The molecule has 0 spiro atoms. The molecular formula is C30H27N3O3S. The molecule has 0 fully saturated rings. The molecule has 37 heavy (non-hydrogen) atoms. The summed E-state index contributed by atoms with van der Waals surface area (Å²) < 4.78 is 7.17. The van der Waals surface area contributed by atoms with E-state index in [1.165, 1.54) is 11.3 Å². The third kappa shape index (κ3) is 5.93. The molecule has 4 rings (SSSR count). The van der Waals surface area contributed by atoms with Crippen LogP contribution in [0.5, 0.6) is 0 Å². The van der Waals surface area contributed by atoms with Gasteiger partial charge in [0.05, 0.1) is 24.8 Å². The Morgan fingerprint density at radius 3 is 2.35 bits per heavy atom. The highest BCUT2D eigenvalue weighted by molar-refractivity contribution is 7.09. The molecule has 0 saturated heterocycles. The van der Waals surface area contributed by atoms with Gasteiger partial charge in [-0.15, -0.1) is 11.3 Å². The third-order valence-corrected chi connectivity index (χ3v) is 6.93. The first kappa shape index (κ1) is 25.8. The Hall–Kier alpha value is -4.28. The van der Waals surface area contributed by atoms with Gasteiger partial charge in [0.15, 0.2) is 4.80 Å². The molecule has 0 radical (unpaired) electrons. The van der Waals surface area contributed by atoms with Gasteiger partial charge in [0.1, 0.15) is 5.69 Å². The van der Waals surface area contributed by atoms with Crippen LogP contribution >= 0.6 is 11.3 Å². The maximum Gasteiger partial charge on any atom is 0.356 e. The molecule has 0 atom stereocenters. The van der Waals surface area contributed by atoms with Gasteiger partial charge in [-0.3, -0.25) is 4.79 Å². The molecule has 1 amide bonds. The van der Waals surface area contributed by atoms with E-state index in [0.29, 0.717) is 34.6 Å². The summed E-state index contributed by atoms with van der Waals surface area (Å²) in [4.78, 5) is 31.7. The lowest BCUT2D eigenvalue weighted by atomic mass is 9.99. The van der Waals surface area contributed by atoms with Crippen molar-refractivity contribution in [2.24, 2.45) is 4.99 Å². The Kier molecular flexibility index (Phi) is 8.44. The zero-order valence-corrected chi connectivity index (χ0v) is 21.6. The van der Waals surface area contributed by atoms with E-state index in [0.717, 1.165) is 28.0 Å². The van der Waals surface area contributed by atoms with Crippen LogP contribution in [0.1, 0.15) is 57.1 Å². The number of carbonyl (C=O) groups is 2.